The molecule has 0 unspecified atom stereocenters. The lowest BCUT2D eigenvalue weighted by atomic mass is 10.1. The van der Waals surface area contributed by atoms with E-state index in [4.69, 9.17) is 4.74 Å². The maximum atomic E-state index is 13.0. The summed E-state index contributed by atoms with van der Waals surface area (Å²) in [5.41, 5.74) is 0.855. The van der Waals surface area contributed by atoms with E-state index in [-0.39, 0.29) is 17.9 Å². The fraction of sp³-hybridized carbons (Fsp3) is 0.304. The first kappa shape index (κ1) is 19.8. The molecule has 3 aromatic rings. The highest BCUT2D eigenvalue weighted by molar-refractivity contribution is 5.89. The largest absolute Gasteiger partial charge is 0.447 e. The number of aromatic nitrogens is 2. The van der Waals surface area contributed by atoms with Gasteiger partial charge in [0.2, 0.25) is 6.10 Å². The van der Waals surface area contributed by atoms with Gasteiger partial charge < -0.3 is 9.64 Å². The average molecular weight is 405 g/mol. The second kappa shape index (κ2) is 8.49. The molecular formula is C23H23N3O4. The number of carbonyl (C=O) groups is 2. The Balaban J connectivity index is 1.61. The van der Waals surface area contributed by atoms with Crippen molar-refractivity contribution in [3.05, 3.63) is 76.2 Å². The first-order chi connectivity index (χ1) is 14.5. The Kier molecular flexibility index (Phi) is 5.61. The van der Waals surface area contributed by atoms with Crippen LogP contribution in [0.3, 0.4) is 0 Å². The summed E-state index contributed by atoms with van der Waals surface area (Å²) in [6, 6.07) is 16.1. The van der Waals surface area contributed by atoms with E-state index >= 15 is 0 Å². The molecule has 0 radical (unpaired) electrons. The lowest BCUT2D eigenvalue weighted by molar-refractivity contribution is -0.160. The van der Waals surface area contributed by atoms with Crippen LogP contribution in [0.25, 0.3) is 10.8 Å². The van der Waals surface area contributed by atoms with Crippen LogP contribution in [0.5, 0.6) is 0 Å². The van der Waals surface area contributed by atoms with Crippen LogP contribution in [0.1, 0.15) is 30.2 Å². The molecule has 0 N–H and O–H groups in total. The van der Waals surface area contributed by atoms with Gasteiger partial charge in [0.1, 0.15) is 0 Å². The summed E-state index contributed by atoms with van der Waals surface area (Å²) in [6.45, 7) is 1.35. The highest BCUT2D eigenvalue weighted by atomic mass is 16.5. The summed E-state index contributed by atoms with van der Waals surface area (Å²) in [6.07, 6.45) is 0.783. The van der Waals surface area contributed by atoms with Gasteiger partial charge in [0.05, 0.1) is 17.5 Å². The van der Waals surface area contributed by atoms with E-state index in [0.29, 0.717) is 35.1 Å². The fourth-order valence-electron chi connectivity index (χ4n) is 3.81. The minimum Gasteiger partial charge on any atom is -0.447 e. The van der Waals surface area contributed by atoms with Crippen molar-refractivity contribution >= 4 is 22.6 Å². The molecule has 0 aliphatic carbocycles. The maximum Gasteiger partial charge on any atom is 0.313 e. The van der Waals surface area contributed by atoms with Gasteiger partial charge in [-0.2, -0.15) is 5.10 Å². The van der Waals surface area contributed by atoms with E-state index in [1.807, 2.05) is 18.2 Å². The molecule has 154 valence electrons. The van der Waals surface area contributed by atoms with E-state index in [0.717, 1.165) is 12.8 Å². The van der Waals surface area contributed by atoms with Crippen molar-refractivity contribution in [2.24, 2.45) is 7.05 Å². The smallest absolute Gasteiger partial charge is 0.313 e. The molecule has 30 heavy (non-hydrogen) atoms. The molecule has 7 heteroatoms. The first-order valence-electron chi connectivity index (χ1n) is 10.0. The van der Waals surface area contributed by atoms with Gasteiger partial charge in [-0.05, 0) is 18.9 Å². The molecule has 1 aliphatic rings. The van der Waals surface area contributed by atoms with Crippen molar-refractivity contribution in [3.8, 4) is 0 Å². The quantitative estimate of drug-likeness (QED) is 0.609. The van der Waals surface area contributed by atoms with Crippen LogP contribution < -0.4 is 5.56 Å². The Morgan fingerprint density at radius 2 is 1.63 bits per heavy atom. The third-order valence-corrected chi connectivity index (χ3v) is 5.34. The lowest BCUT2D eigenvalue weighted by Crippen LogP contribution is -2.35. The Bertz CT molecular complexity index is 1130. The average Bonchev–Trinajstić information content (AvgIpc) is 3.31. The van der Waals surface area contributed by atoms with Crippen LogP contribution in [0.2, 0.25) is 0 Å². The predicted molar refractivity (Wildman–Crippen MR) is 112 cm³/mol. The number of fused-ring (bicyclic) bond motifs is 1. The summed E-state index contributed by atoms with van der Waals surface area (Å²) >= 11 is 0. The number of carbonyl (C=O) groups excluding carboxylic acids is 2. The number of nitrogens with zero attached hydrogens (tertiary/aromatic N) is 3. The molecule has 1 saturated heterocycles. The SMILES string of the molecule is Cn1nc(CC(=O)O[C@H](C(=O)N2CCCC2)c2ccccc2)c2ccccc2c1=O. The van der Waals surface area contributed by atoms with Crippen LogP contribution in [0.15, 0.2) is 59.4 Å². The Morgan fingerprint density at radius 3 is 2.33 bits per heavy atom. The number of amides is 1. The van der Waals surface area contributed by atoms with Crippen molar-refractivity contribution < 1.29 is 14.3 Å². The van der Waals surface area contributed by atoms with Gasteiger partial charge in [-0.3, -0.25) is 14.4 Å². The standard InChI is InChI=1S/C23H23N3O4/c1-25-22(28)18-12-6-5-11-17(18)19(24-25)15-20(27)30-21(16-9-3-2-4-10-16)23(29)26-13-7-8-14-26/h2-6,9-12,21H,7-8,13-15H2,1H3/t21-/m0/s1. The van der Waals surface area contributed by atoms with E-state index in [1.165, 1.54) is 4.68 Å². The molecule has 4 rings (SSSR count). The number of hydrogen-bond acceptors (Lipinski definition) is 5. The molecule has 1 aliphatic heterocycles. The van der Waals surface area contributed by atoms with Crippen molar-refractivity contribution in [2.75, 3.05) is 13.1 Å². The minimum atomic E-state index is -0.990. The van der Waals surface area contributed by atoms with Gasteiger partial charge in [0, 0.05) is 31.1 Å². The summed E-state index contributed by atoms with van der Waals surface area (Å²) in [4.78, 5) is 39.9. The van der Waals surface area contributed by atoms with Gasteiger partial charge >= 0.3 is 5.97 Å². The number of ether oxygens (including phenoxy) is 1. The van der Waals surface area contributed by atoms with Crippen LogP contribution in [0.4, 0.5) is 0 Å². The molecule has 7 nitrogen and oxygen atoms in total. The number of benzene rings is 2. The molecule has 0 saturated carbocycles. The van der Waals surface area contributed by atoms with Gasteiger partial charge in [-0.1, -0.05) is 48.5 Å². The molecule has 1 amide bonds. The summed E-state index contributed by atoms with van der Waals surface area (Å²) in [5.74, 6) is -0.766. The second-order valence-electron chi connectivity index (χ2n) is 7.41. The van der Waals surface area contributed by atoms with Crippen molar-refractivity contribution in [1.82, 2.24) is 14.7 Å². The predicted octanol–water partition coefficient (Wildman–Crippen LogP) is 2.38. The third kappa shape index (κ3) is 3.96. The molecule has 1 atom stereocenters. The molecule has 0 bridgehead atoms. The Morgan fingerprint density at radius 1 is 1.00 bits per heavy atom. The van der Waals surface area contributed by atoms with E-state index in [9.17, 15) is 14.4 Å². The van der Waals surface area contributed by atoms with E-state index in [1.54, 1.807) is 48.3 Å². The molecule has 2 aromatic carbocycles. The Labute approximate surface area is 173 Å². The van der Waals surface area contributed by atoms with Crippen molar-refractivity contribution in [3.63, 3.8) is 0 Å². The van der Waals surface area contributed by atoms with Crippen LogP contribution in [-0.4, -0.2) is 39.6 Å². The van der Waals surface area contributed by atoms with Gasteiger partial charge in [-0.15, -0.1) is 0 Å². The first-order valence-corrected chi connectivity index (χ1v) is 10.0. The van der Waals surface area contributed by atoms with Gasteiger partial charge in [0.25, 0.3) is 11.5 Å². The zero-order chi connectivity index (χ0) is 21.1. The zero-order valence-corrected chi connectivity index (χ0v) is 16.8. The highest BCUT2D eigenvalue weighted by Crippen LogP contribution is 2.24. The van der Waals surface area contributed by atoms with Crippen molar-refractivity contribution in [1.29, 1.82) is 0 Å². The van der Waals surface area contributed by atoms with Crippen molar-refractivity contribution in [2.45, 2.75) is 25.4 Å². The number of aryl methyl sites for hydroxylation is 1. The monoisotopic (exact) mass is 405 g/mol. The fourth-order valence-corrected chi connectivity index (χ4v) is 3.81. The maximum absolute atomic E-state index is 13.0. The van der Waals surface area contributed by atoms with Gasteiger partial charge in [-0.25, -0.2) is 4.68 Å². The van der Waals surface area contributed by atoms with E-state index < -0.39 is 12.1 Å². The number of likely N-dealkylation sites (tertiary alicyclic amines) is 1. The van der Waals surface area contributed by atoms with Crippen LogP contribution in [-0.2, 0) is 27.8 Å². The van der Waals surface area contributed by atoms with Gasteiger partial charge in [0.15, 0.2) is 0 Å². The third-order valence-electron chi connectivity index (χ3n) is 5.34. The Hall–Kier alpha value is -3.48. The van der Waals surface area contributed by atoms with E-state index in [2.05, 4.69) is 5.10 Å². The summed E-state index contributed by atoms with van der Waals surface area (Å²) < 4.78 is 6.89. The number of rotatable bonds is 5. The zero-order valence-electron chi connectivity index (χ0n) is 16.8. The lowest BCUT2D eigenvalue weighted by Gasteiger charge is -2.23. The highest BCUT2D eigenvalue weighted by Gasteiger charge is 2.31. The molecule has 2 heterocycles. The topological polar surface area (TPSA) is 81.5 Å². The number of hydrogen-bond donors (Lipinski definition) is 0. The minimum absolute atomic E-state index is 0.134. The molecule has 1 aromatic heterocycles. The summed E-state index contributed by atoms with van der Waals surface area (Å²) in [5, 5.41) is 5.35. The molecule has 1 fully saturated rings. The molecular weight excluding hydrogens is 382 g/mol. The summed E-state index contributed by atoms with van der Waals surface area (Å²) in [7, 11) is 1.55. The molecule has 0 spiro atoms. The van der Waals surface area contributed by atoms with Crippen LogP contribution in [0, 0.1) is 0 Å². The normalized spacial score (nSPS) is 14.6. The number of esters is 1. The van der Waals surface area contributed by atoms with Crippen LogP contribution >= 0.6 is 0 Å². The second-order valence-corrected chi connectivity index (χ2v) is 7.41.